The Morgan fingerprint density at radius 3 is 2.75 bits per heavy atom. The summed E-state index contributed by atoms with van der Waals surface area (Å²) in [5.41, 5.74) is 4.15. The molecule has 0 radical (unpaired) electrons. The van der Waals surface area contributed by atoms with Crippen LogP contribution in [0, 0.1) is 5.82 Å². The number of carbonyl (C=O) groups excluding carboxylic acids is 1. The Bertz CT molecular complexity index is 1420. The third kappa shape index (κ3) is 3.83. The molecule has 7 heteroatoms. The van der Waals surface area contributed by atoms with Crippen molar-refractivity contribution < 1.29 is 13.9 Å². The number of halogens is 1. The maximum Gasteiger partial charge on any atom is 0.251 e. The molecule has 0 spiro atoms. The molecule has 32 heavy (non-hydrogen) atoms. The first kappa shape index (κ1) is 20.2. The number of imidazole rings is 1. The lowest BCUT2D eigenvalue weighted by Crippen LogP contribution is -2.23. The molecule has 5 rings (SSSR count). The third-order valence-corrected chi connectivity index (χ3v) is 6.23. The summed E-state index contributed by atoms with van der Waals surface area (Å²) in [7, 11) is 0. The molecule has 0 atom stereocenters. The summed E-state index contributed by atoms with van der Waals surface area (Å²) in [5, 5.41) is 2.97. The van der Waals surface area contributed by atoms with Crippen molar-refractivity contribution in [1.82, 2.24) is 14.7 Å². The van der Waals surface area contributed by atoms with Gasteiger partial charge in [-0.1, -0.05) is 29.5 Å². The van der Waals surface area contributed by atoms with Gasteiger partial charge in [0.15, 0.2) is 4.96 Å². The molecule has 1 amide bonds. The second-order valence-electron chi connectivity index (χ2n) is 7.29. The van der Waals surface area contributed by atoms with Crippen LogP contribution in [0.15, 0.2) is 72.9 Å². The Balaban J connectivity index is 1.37. The Hall–Kier alpha value is -3.71. The fourth-order valence-corrected chi connectivity index (χ4v) is 4.67. The minimum atomic E-state index is -0.271. The highest BCUT2D eigenvalue weighted by Crippen LogP contribution is 2.30. The molecule has 0 unspecified atom stereocenters. The average Bonchev–Trinajstić information content (AvgIpc) is 3.36. The van der Waals surface area contributed by atoms with E-state index < -0.39 is 0 Å². The molecule has 1 N–H and O–H groups in total. The summed E-state index contributed by atoms with van der Waals surface area (Å²) in [5.74, 6) is 0.367. The van der Waals surface area contributed by atoms with Crippen LogP contribution in [0.3, 0.4) is 0 Å². The van der Waals surface area contributed by atoms with Crippen LogP contribution in [0.5, 0.6) is 5.75 Å². The number of para-hydroxylation sites is 1. The summed E-state index contributed by atoms with van der Waals surface area (Å²) in [4.78, 5) is 18.2. The molecule has 3 aromatic carbocycles. The molecule has 0 aliphatic heterocycles. The van der Waals surface area contributed by atoms with E-state index in [2.05, 4.69) is 10.3 Å². The summed E-state index contributed by atoms with van der Waals surface area (Å²) in [6.45, 7) is 2.90. The summed E-state index contributed by atoms with van der Waals surface area (Å²) in [6.07, 6.45) is 1.94. The highest BCUT2D eigenvalue weighted by molar-refractivity contribution is 7.23. The quantitative estimate of drug-likeness (QED) is 0.366. The lowest BCUT2D eigenvalue weighted by molar-refractivity contribution is 0.0951. The number of nitrogens with zero attached hydrogens (tertiary/aromatic N) is 2. The number of hydrogen-bond donors (Lipinski definition) is 1. The standard InChI is InChI=1S/C25H20FN3O2S/c1-2-31-22-6-4-3-5-18(22)14-27-24(30)17-9-12-21-23(13-17)32-25-28-20(15-29(21)25)16-7-10-19(26)11-8-16/h3-13,15H,2,14H2,1H3,(H,27,30). The van der Waals surface area contributed by atoms with Crippen LogP contribution in [-0.2, 0) is 6.54 Å². The molecule has 2 heterocycles. The van der Waals surface area contributed by atoms with E-state index in [0.29, 0.717) is 18.7 Å². The summed E-state index contributed by atoms with van der Waals surface area (Å²) in [6, 6.07) is 19.6. The minimum Gasteiger partial charge on any atom is -0.494 e. The number of carbonyl (C=O) groups is 1. The zero-order valence-electron chi connectivity index (χ0n) is 17.3. The Kier molecular flexibility index (Phi) is 5.33. The molecule has 0 saturated heterocycles. The number of amides is 1. The third-order valence-electron chi connectivity index (χ3n) is 5.21. The van der Waals surface area contributed by atoms with Gasteiger partial charge in [0.05, 0.1) is 22.5 Å². The average molecular weight is 446 g/mol. The topological polar surface area (TPSA) is 55.6 Å². The maximum absolute atomic E-state index is 13.2. The molecule has 0 bridgehead atoms. The van der Waals surface area contributed by atoms with Crippen LogP contribution in [0.2, 0.25) is 0 Å². The van der Waals surface area contributed by atoms with E-state index in [-0.39, 0.29) is 11.7 Å². The lowest BCUT2D eigenvalue weighted by atomic mass is 10.1. The van der Waals surface area contributed by atoms with Crippen molar-refractivity contribution in [3.8, 4) is 17.0 Å². The monoisotopic (exact) mass is 445 g/mol. The van der Waals surface area contributed by atoms with Gasteiger partial charge in [0.1, 0.15) is 11.6 Å². The lowest BCUT2D eigenvalue weighted by Gasteiger charge is -2.11. The van der Waals surface area contributed by atoms with Crippen LogP contribution in [0.1, 0.15) is 22.8 Å². The van der Waals surface area contributed by atoms with Crippen LogP contribution in [0.4, 0.5) is 4.39 Å². The fraction of sp³-hybridized carbons (Fsp3) is 0.120. The van der Waals surface area contributed by atoms with E-state index in [1.54, 1.807) is 12.1 Å². The maximum atomic E-state index is 13.2. The molecular weight excluding hydrogens is 425 g/mol. The first-order valence-electron chi connectivity index (χ1n) is 10.3. The van der Waals surface area contributed by atoms with Gasteiger partial charge in [0, 0.05) is 29.4 Å². The van der Waals surface area contributed by atoms with Crippen molar-refractivity contribution >= 4 is 32.4 Å². The van der Waals surface area contributed by atoms with E-state index in [0.717, 1.165) is 37.7 Å². The van der Waals surface area contributed by atoms with Crippen molar-refractivity contribution in [1.29, 1.82) is 0 Å². The van der Waals surface area contributed by atoms with Gasteiger partial charge < -0.3 is 10.1 Å². The smallest absolute Gasteiger partial charge is 0.251 e. The van der Waals surface area contributed by atoms with E-state index in [1.807, 2.05) is 60.0 Å². The van der Waals surface area contributed by atoms with E-state index in [4.69, 9.17) is 4.74 Å². The molecular formula is C25H20FN3O2S. The minimum absolute atomic E-state index is 0.142. The van der Waals surface area contributed by atoms with Gasteiger partial charge in [-0.05, 0) is 55.5 Å². The normalized spacial score (nSPS) is 11.2. The number of nitrogens with one attached hydrogen (secondary N) is 1. The SMILES string of the molecule is CCOc1ccccc1CNC(=O)c1ccc2c(c1)sc1nc(-c3ccc(F)cc3)cn12. The second kappa shape index (κ2) is 8.43. The number of ether oxygens (including phenoxy) is 1. The Morgan fingerprint density at radius 1 is 1.12 bits per heavy atom. The second-order valence-corrected chi connectivity index (χ2v) is 8.30. The number of rotatable bonds is 6. The zero-order valence-corrected chi connectivity index (χ0v) is 18.2. The van der Waals surface area contributed by atoms with E-state index in [9.17, 15) is 9.18 Å². The van der Waals surface area contributed by atoms with Gasteiger partial charge in [-0.3, -0.25) is 9.20 Å². The van der Waals surface area contributed by atoms with Gasteiger partial charge in [-0.15, -0.1) is 0 Å². The molecule has 0 aliphatic carbocycles. The molecule has 5 nitrogen and oxygen atoms in total. The van der Waals surface area contributed by atoms with Gasteiger partial charge in [-0.2, -0.15) is 0 Å². The highest BCUT2D eigenvalue weighted by Gasteiger charge is 2.14. The summed E-state index contributed by atoms with van der Waals surface area (Å²) >= 11 is 1.51. The molecule has 0 aliphatic rings. The number of fused-ring (bicyclic) bond motifs is 3. The van der Waals surface area contributed by atoms with Crippen molar-refractivity contribution in [2.24, 2.45) is 0 Å². The van der Waals surface area contributed by atoms with E-state index >= 15 is 0 Å². The molecule has 2 aromatic heterocycles. The molecule has 160 valence electrons. The largest absolute Gasteiger partial charge is 0.494 e. The number of thiazole rings is 1. The first-order valence-corrected chi connectivity index (χ1v) is 11.1. The predicted molar refractivity (Wildman–Crippen MR) is 125 cm³/mol. The zero-order chi connectivity index (χ0) is 22.1. The highest BCUT2D eigenvalue weighted by atomic mass is 32.1. The number of hydrogen-bond acceptors (Lipinski definition) is 4. The van der Waals surface area contributed by atoms with Gasteiger partial charge in [-0.25, -0.2) is 9.37 Å². The molecule has 0 fully saturated rings. The number of aromatic nitrogens is 2. The first-order chi connectivity index (χ1) is 15.6. The number of benzene rings is 3. The van der Waals surface area contributed by atoms with Gasteiger partial charge in [0.2, 0.25) is 0 Å². The van der Waals surface area contributed by atoms with Crippen LogP contribution >= 0.6 is 11.3 Å². The van der Waals surface area contributed by atoms with Crippen LogP contribution < -0.4 is 10.1 Å². The van der Waals surface area contributed by atoms with Gasteiger partial charge >= 0.3 is 0 Å². The predicted octanol–water partition coefficient (Wildman–Crippen LogP) is 5.68. The Morgan fingerprint density at radius 2 is 1.94 bits per heavy atom. The summed E-state index contributed by atoms with van der Waals surface area (Å²) < 4.78 is 21.8. The van der Waals surface area contributed by atoms with Gasteiger partial charge in [0.25, 0.3) is 5.91 Å². The van der Waals surface area contributed by atoms with Crippen LogP contribution in [0.25, 0.3) is 26.4 Å². The molecule has 5 aromatic rings. The van der Waals surface area contributed by atoms with Crippen molar-refractivity contribution in [3.63, 3.8) is 0 Å². The fourth-order valence-electron chi connectivity index (χ4n) is 3.63. The van der Waals surface area contributed by atoms with Crippen LogP contribution in [-0.4, -0.2) is 21.9 Å². The van der Waals surface area contributed by atoms with E-state index in [1.165, 1.54) is 23.5 Å². The van der Waals surface area contributed by atoms with Crippen molar-refractivity contribution in [3.05, 3.63) is 89.9 Å². The molecule has 0 saturated carbocycles. The Labute approximate surface area is 188 Å². The van der Waals surface area contributed by atoms with Crippen molar-refractivity contribution in [2.75, 3.05) is 6.61 Å². The van der Waals surface area contributed by atoms with Crippen molar-refractivity contribution in [2.45, 2.75) is 13.5 Å².